The summed E-state index contributed by atoms with van der Waals surface area (Å²) in [4.78, 5) is 14.6. The maximum absolute atomic E-state index is 13.4. The third-order valence-electron chi connectivity index (χ3n) is 2.61. The van der Waals surface area contributed by atoms with E-state index in [1.165, 1.54) is 6.07 Å². The maximum Gasteiger partial charge on any atom is 0.317 e. The fourth-order valence-corrected chi connectivity index (χ4v) is 1.89. The van der Waals surface area contributed by atoms with E-state index >= 15 is 0 Å². The van der Waals surface area contributed by atoms with E-state index in [-0.39, 0.29) is 12.4 Å². The molecule has 0 saturated carbocycles. The summed E-state index contributed by atoms with van der Waals surface area (Å²) in [7, 11) is 3.86. The van der Waals surface area contributed by atoms with Crippen LogP contribution < -0.4 is 0 Å². The van der Waals surface area contributed by atoms with Crippen molar-refractivity contribution in [1.82, 2.24) is 9.80 Å². The average molecular weight is 333 g/mol. The molecule has 0 bridgehead atoms. The molecule has 0 spiro atoms. The molecular weight excluding hydrogens is 315 g/mol. The van der Waals surface area contributed by atoms with Crippen LogP contribution in [0.15, 0.2) is 22.7 Å². The maximum atomic E-state index is 13.4. The average Bonchev–Trinajstić information content (AvgIpc) is 2.30. The molecule has 106 valence electrons. The molecule has 0 fully saturated rings. The van der Waals surface area contributed by atoms with E-state index in [1.54, 1.807) is 17.0 Å². The number of carbonyl (C=O) groups is 1. The van der Waals surface area contributed by atoms with Crippen molar-refractivity contribution in [1.29, 1.82) is 0 Å². The number of nitrogens with zero attached hydrogens (tertiary/aromatic N) is 2. The highest BCUT2D eigenvalue weighted by atomic mass is 79.9. The van der Waals surface area contributed by atoms with Gasteiger partial charge in [0.25, 0.3) is 0 Å². The number of halogens is 2. The number of benzene rings is 1. The van der Waals surface area contributed by atoms with Gasteiger partial charge in [-0.05, 0) is 47.7 Å². The summed E-state index contributed by atoms with van der Waals surface area (Å²) in [5.74, 6) is -1.21. The van der Waals surface area contributed by atoms with E-state index in [1.807, 2.05) is 19.0 Å². The summed E-state index contributed by atoms with van der Waals surface area (Å²) < 4.78 is 13.8. The van der Waals surface area contributed by atoms with E-state index in [0.29, 0.717) is 17.6 Å². The van der Waals surface area contributed by atoms with Crippen LogP contribution >= 0.6 is 15.9 Å². The molecule has 1 N–H and O–H groups in total. The van der Waals surface area contributed by atoms with Gasteiger partial charge in [-0.3, -0.25) is 9.69 Å². The number of hydrogen-bond acceptors (Lipinski definition) is 3. The lowest BCUT2D eigenvalue weighted by atomic mass is 10.2. The first-order valence-electron chi connectivity index (χ1n) is 5.91. The van der Waals surface area contributed by atoms with Crippen molar-refractivity contribution < 1.29 is 14.3 Å². The van der Waals surface area contributed by atoms with Crippen LogP contribution in [0, 0.1) is 5.82 Å². The highest BCUT2D eigenvalue weighted by molar-refractivity contribution is 9.10. The van der Waals surface area contributed by atoms with Crippen molar-refractivity contribution in [2.75, 3.05) is 33.7 Å². The molecule has 0 heterocycles. The van der Waals surface area contributed by atoms with Gasteiger partial charge in [0.2, 0.25) is 0 Å². The van der Waals surface area contributed by atoms with E-state index in [2.05, 4.69) is 15.9 Å². The van der Waals surface area contributed by atoms with Gasteiger partial charge < -0.3 is 10.0 Å². The van der Waals surface area contributed by atoms with Crippen LogP contribution in [0.25, 0.3) is 0 Å². The molecule has 0 radical (unpaired) electrons. The van der Waals surface area contributed by atoms with Crippen molar-refractivity contribution in [2.45, 2.75) is 6.54 Å². The van der Waals surface area contributed by atoms with Gasteiger partial charge in [-0.1, -0.05) is 6.07 Å². The van der Waals surface area contributed by atoms with Crippen molar-refractivity contribution in [3.63, 3.8) is 0 Å². The van der Waals surface area contributed by atoms with E-state index < -0.39 is 5.97 Å². The normalized spacial score (nSPS) is 11.3. The van der Waals surface area contributed by atoms with Crippen LogP contribution in [0.1, 0.15) is 5.56 Å². The zero-order valence-corrected chi connectivity index (χ0v) is 12.7. The Bertz CT molecular complexity index is 441. The Balaban J connectivity index is 2.69. The van der Waals surface area contributed by atoms with Crippen molar-refractivity contribution in [2.24, 2.45) is 0 Å². The molecule has 0 saturated heterocycles. The van der Waals surface area contributed by atoms with Gasteiger partial charge in [-0.2, -0.15) is 0 Å². The van der Waals surface area contributed by atoms with E-state index in [0.717, 1.165) is 12.1 Å². The number of rotatable bonds is 7. The number of likely N-dealkylation sites (N-methyl/N-ethyl adjacent to an activating group) is 1. The van der Waals surface area contributed by atoms with Crippen LogP contribution in [0.3, 0.4) is 0 Å². The minimum Gasteiger partial charge on any atom is -0.480 e. The molecule has 6 heteroatoms. The summed E-state index contributed by atoms with van der Waals surface area (Å²) in [6.45, 7) is 1.75. The fraction of sp³-hybridized carbons (Fsp3) is 0.462. The Labute approximate surface area is 120 Å². The van der Waals surface area contributed by atoms with Crippen LogP contribution in [0.2, 0.25) is 0 Å². The molecule has 1 aromatic carbocycles. The van der Waals surface area contributed by atoms with Crippen molar-refractivity contribution >= 4 is 21.9 Å². The summed E-state index contributed by atoms with van der Waals surface area (Å²) in [5.41, 5.74) is 0.765. The van der Waals surface area contributed by atoms with Gasteiger partial charge in [0, 0.05) is 19.6 Å². The predicted octanol–water partition coefficient (Wildman–Crippen LogP) is 2.04. The molecule has 0 atom stereocenters. The number of aliphatic carboxylic acids is 1. The molecule has 0 unspecified atom stereocenters. The van der Waals surface area contributed by atoms with Gasteiger partial charge in [0.05, 0.1) is 11.0 Å². The second-order valence-electron chi connectivity index (χ2n) is 4.66. The lowest BCUT2D eigenvalue weighted by Crippen LogP contribution is -2.35. The van der Waals surface area contributed by atoms with Crippen LogP contribution in [0.4, 0.5) is 4.39 Å². The smallest absolute Gasteiger partial charge is 0.317 e. The van der Waals surface area contributed by atoms with Gasteiger partial charge in [0.15, 0.2) is 0 Å². The fourth-order valence-electron chi connectivity index (χ4n) is 1.64. The Hall–Kier alpha value is -0.980. The molecule has 4 nitrogen and oxygen atoms in total. The molecule has 0 aromatic heterocycles. The highest BCUT2D eigenvalue weighted by Gasteiger charge is 2.11. The second kappa shape index (κ2) is 7.57. The Kier molecular flexibility index (Phi) is 6.41. The van der Waals surface area contributed by atoms with Crippen LogP contribution in [-0.2, 0) is 11.3 Å². The lowest BCUT2D eigenvalue weighted by molar-refractivity contribution is -0.138. The third kappa shape index (κ3) is 6.13. The minimum absolute atomic E-state index is 0.0501. The largest absolute Gasteiger partial charge is 0.480 e. The molecule has 1 aromatic rings. The third-order valence-corrected chi connectivity index (χ3v) is 3.26. The first-order chi connectivity index (χ1) is 8.88. The Morgan fingerprint density at radius 2 is 2.05 bits per heavy atom. The first-order valence-corrected chi connectivity index (χ1v) is 6.70. The number of carboxylic acids is 1. The van der Waals surface area contributed by atoms with Crippen LogP contribution in [-0.4, -0.2) is 54.6 Å². The van der Waals surface area contributed by atoms with Gasteiger partial charge in [-0.25, -0.2) is 4.39 Å². The van der Waals surface area contributed by atoms with Gasteiger partial charge in [0.1, 0.15) is 5.82 Å². The zero-order valence-electron chi connectivity index (χ0n) is 11.1. The highest BCUT2D eigenvalue weighted by Crippen LogP contribution is 2.17. The summed E-state index contributed by atoms with van der Waals surface area (Å²) >= 11 is 3.10. The first kappa shape index (κ1) is 16.1. The van der Waals surface area contributed by atoms with Gasteiger partial charge >= 0.3 is 5.97 Å². The Morgan fingerprint density at radius 1 is 1.37 bits per heavy atom. The summed E-state index contributed by atoms with van der Waals surface area (Å²) in [5, 5.41) is 8.89. The molecule has 0 aliphatic carbocycles. The lowest BCUT2D eigenvalue weighted by Gasteiger charge is -2.22. The predicted molar refractivity (Wildman–Crippen MR) is 75.6 cm³/mol. The standard InChI is InChI=1S/C13H18BrFN2O2/c1-16(2)5-6-17(9-13(18)19)8-10-3-4-11(14)12(15)7-10/h3-4,7H,5-6,8-9H2,1-2H3,(H,18,19). The van der Waals surface area contributed by atoms with Crippen molar-refractivity contribution in [3.05, 3.63) is 34.1 Å². The van der Waals surface area contributed by atoms with E-state index in [4.69, 9.17) is 5.11 Å². The number of carboxylic acid groups (broad SMARTS) is 1. The summed E-state index contributed by atoms with van der Waals surface area (Å²) in [6.07, 6.45) is 0. The monoisotopic (exact) mass is 332 g/mol. The molecule has 1 rings (SSSR count). The van der Waals surface area contributed by atoms with Crippen LogP contribution in [0.5, 0.6) is 0 Å². The Morgan fingerprint density at radius 3 is 2.58 bits per heavy atom. The SMILES string of the molecule is CN(C)CCN(CC(=O)O)Cc1ccc(Br)c(F)c1. The summed E-state index contributed by atoms with van der Waals surface area (Å²) in [6, 6.07) is 4.85. The second-order valence-corrected chi connectivity index (χ2v) is 5.51. The van der Waals surface area contributed by atoms with E-state index in [9.17, 15) is 9.18 Å². The molecular formula is C13H18BrFN2O2. The quantitative estimate of drug-likeness (QED) is 0.829. The zero-order chi connectivity index (χ0) is 14.4. The topological polar surface area (TPSA) is 43.8 Å². The molecule has 0 aliphatic rings. The molecule has 0 amide bonds. The number of hydrogen-bond donors (Lipinski definition) is 1. The van der Waals surface area contributed by atoms with Crippen molar-refractivity contribution in [3.8, 4) is 0 Å². The van der Waals surface area contributed by atoms with Gasteiger partial charge in [-0.15, -0.1) is 0 Å². The minimum atomic E-state index is -0.878. The molecule has 0 aliphatic heterocycles. The molecule has 19 heavy (non-hydrogen) atoms.